The Labute approximate surface area is 149 Å². The Morgan fingerprint density at radius 1 is 1.25 bits per heavy atom. The smallest absolute Gasteiger partial charge is 0.261 e. The quantitative estimate of drug-likeness (QED) is 0.812. The third-order valence-electron chi connectivity index (χ3n) is 4.59. The second-order valence-corrected chi connectivity index (χ2v) is 7.33. The Balaban J connectivity index is 1.63. The predicted octanol–water partition coefficient (Wildman–Crippen LogP) is 3.39. The monoisotopic (exact) mass is 391 g/mol. The first-order valence-electron chi connectivity index (χ1n) is 8.57. The van der Waals surface area contributed by atoms with Crippen LogP contribution in [0.3, 0.4) is 0 Å². The van der Waals surface area contributed by atoms with Crippen molar-refractivity contribution in [3.05, 3.63) is 39.4 Å². The van der Waals surface area contributed by atoms with Crippen molar-refractivity contribution in [1.29, 1.82) is 0 Å². The van der Waals surface area contributed by atoms with Crippen LogP contribution in [0, 0.1) is 0 Å². The molecule has 1 saturated carbocycles. The molecule has 0 radical (unpaired) electrons. The summed E-state index contributed by atoms with van der Waals surface area (Å²) in [5, 5.41) is 3.68. The summed E-state index contributed by atoms with van der Waals surface area (Å²) in [6.45, 7) is 0.354. The molecule has 0 saturated heterocycles. The van der Waals surface area contributed by atoms with Crippen LogP contribution in [-0.4, -0.2) is 21.5 Å². The summed E-state index contributed by atoms with van der Waals surface area (Å²) in [7, 11) is 0. The van der Waals surface area contributed by atoms with Crippen LogP contribution >= 0.6 is 15.9 Å². The van der Waals surface area contributed by atoms with Crippen LogP contribution in [0.25, 0.3) is 10.9 Å². The standard InChI is InChI=1S/C18H22BrN3O2/c19-13-7-8-16-15(11-13)18(24)22(12-20-16)10-9-17(23)21-14-5-3-1-2-4-6-14/h7-8,11-12,14H,1-6,9-10H2,(H,21,23). The second-order valence-electron chi connectivity index (χ2n) is 6.41. The third kappa shape index (κ3) is 4.23. The Morgan fingerprint density at radius 2 is 2.00 bits per heavy atom. The molecule has 1 heterocycles. The fraction of sp³-hybridized carbons (Fsp3) is 0.500. The van der Waals surface area contributed by atoms with E-state index in [1.807, 2.05) is 12.1 Å². The molecule has 1 amide bonds. The maximum atomic E-state index is 12.5. The number of carbonyl (C=O) groups excluding carboxylic acids is 1. The summed E-state index contributed by atoms with van der Waals surface area (Å²) in [5.41, 5.74) is 0.561. The highest BCUT2D eigenvalue weighted by Crippen LogP contribution is 2.17. The van der Waals surface area contributed by atoms with E-state index in [-0.39, 0.29) is 11.5 Å². The summed E-state index contributed by atoms with van der Waals surface area (Å²) >= 11 is 3.37. The van der Waals surface area contributed by atoms with E-state index in [2.05, 4.69) is 26.2 Å². The first kappa shape index (κ1) is 17.1. The van der Waals surface area contributed by atoms with Gasteiger partial charge in [0.05, 0.1) is 17.2 Å². The van der Waals surface area contributed by atoms with Gasteiger partial charge in [0.1, 0.15) is 0 Å². The molecule has 3 rings (SSSR count). The number of amides is 1. The number of aromatic nitrogens is 2. The number of nitrogens with one attached hydrogen (secondary N) is 1. The highest BCUT2D eigenvalue weighted by atomic mass is 79.9. The minimum Gasteiger partial charge on any atom is -0.353 e. The summed E-state index contributed by atoms with van der Waals surface area (Å²) < 4.78 is 2.36. The van der Waals surface area contributed by atoms with Gasteiger partial charge < -0.3 is 5.32 Å². The molecule has 0 aliphatic heterocycles. The predicted molar refractivity (Wildman–Crippen MR) is 98.0 cm³/mol. The maximum absolute atomic E-state index is 12.5. The normalized spacial score (nSPS) is 16.0. The van der Waals surface area contributed by atoms with E-state index in [1.54, 1.807) is 6.07 Å². The summed E-state index contributed by atoms with van der Waals surface area (Å²) in [4.78, 5) is 29.0. The van der Waals surface area contributed by atoms with Gasteiger partial charge in [0.15, 0.2) is 0 Å². The minimum absolute atomic E-state index is 0.0168. The molecule has 2 aromatic rings. The van der Waals surface area contributed by atoms with Crippen LogP contribution < -0.4 is 10.9 Å². The molecule has 1 N–H and O–H groups in total. The third-order valence-corrected chi connectivity index (χ3v) is 5.08. The van der Waals surface area contributed by atoms with Gasteiger partial charge in [-0.3, -0.25) is 14.2 Å². The van der Waals surface area contributed by atoms with Crippen molar-refractivity contribution in [1.82, 2.24) is 14.9 Å². The molecule has 128 valence electrons. The fourth-order valence-electron chi connectivity index (χ4n) is 3.24. The molecule has 6 heteroatoms. The van der Waals surface area contributed by atoms with Gasteiger partial charge in [-0.15, -0.1) is 0 Å². The molecular formula is C18H22BrN3O2. The van der Waals surface area contributed by atoms with Gasteiger partial charge in [-0.2, -0.15) is 0 Å². The Hall–Kier alpha value is -1.69. The van der Waals surface area contributed by atoms with Crippen molar-refractivity contribution < 1.29 is 4.79 Å². The molecule has 1 fully saturated rings. The summed E-state index contributed by atoms with van der Waals surface area (Å²) in [5.74, 6) is 0.0168. The van der Waals surface area contributed by atoms with Gasteiger partial charge in [-0.05, 0) is 31.0 Å². The largest absolute Gasteiger partial charge is 0.353 e. The number of rotatable bonds is 4. The lowest BCUT2D eigenvalue weighted by Crippen LogP contribution is -2.35. The number of nitrogens with zero attached hydrogens (tertiary/aromatic N) is 2. The molecular weight excluding hydrogens is 370 g/mol. The maximum Gasteiger partial charge on any atom is 0.261 e. The van der Waals surface area contributed by atoms with E-state index >= 15 is 0 Å². The first-order valence-corrected chi connectivity index (χ1v) is 9.37. The van der Waals surface area contributed by atoms with E-state index < -0.39 is 0 Å². The summed E-state index contributed by atoms with van der Waals surface area (Å²) in [6.07, 6.45) is 8.87. The average Bonchev–Trinajstić information content (AvgIpc) is 2.83. The number of carbonyl (C=O) groups is 1. The van der Waals surface area contributed by atoms with Crippen molar-refractivity contribution in [2.24, 2.45) is 0 Å². The zero-order chi connectivity index (χ0) is 16.9. The van der Waals surface area contributed by atoms with E-state index in [9.17, 15) is 9.59 Å². The number of aryl methyl sites for hydroxylation is 1. The van der Waals surface area contributed by atoms with Gasteiger partial charge in [0, 0.05) is 23.5 Å². The van der Waals surface area contributed by atoms with Crippen molar-refractivity contribution in [3.63, 3.8) is 0 Å². The van der Waals surface area contributed by atoms with Gasteiger partial charge in [-0.25, -0.2) is 4.98 Å². The van der Waals surface area contributed by atoms with E-state index in [4.69, 9.17) is 0 Å². The van der Waals surface area contributed by atoms with Crippen LogP contribution in [0.2, 0.25) is 0 Å². The molecule has 0 atom stereocenters. The van der Waals surface area contributed by atoms with E-state index in [1.165, 1.54) is 36.6 Å². The van der Waals surface area contributed by atoms with Crippen LogP contribution in [0.4, 0.5) is 0 Å². The molecule has 0 bridgehead atoms. The van der Waals surface area contributed by atoms with Crippen LogP contribution in [0.1, 0.15) is 44.9 Å². The van der Waals surface area contributed by atoms with Gasteiger partial charge >= 0.3 is 0 Å². The lowest BCUT2D eigenvalue weighted by molar-refractivity contribution is -0.122. The van der Waals surface area contributed by atoms with Crippen molar-refractivity contribution in [2.45, 2.75) is 57.5 Å². The number of halogens is 1. The highest BCUT2D eigenvalue weighted by Gasteiger charge is 2.15. The van der Waals surface area contributed by atoms with Crippen molar-refractivity contribution in [3.8, 4) is 0 Å². The first-order chi connectivity index (χ1) is 11.6. The Morgan fingerprint density at radius 3 is 2.75 bits per heavy atom. The number of benzene rings is 1. The average molecular weight is 392 g/mol. The van der Waals surface area contributed by atoms with E-state index in [0.717, 1.165) is 17.3 Å². The lowest BCUT2D eigenvalue weighted by Gasteiger charge is -2.16. The second kappa shape index (κ2) is 7.92. The van der Waals surface area contributed by atoms with Crippen molar-refractivity contribution in [2.75, 3.05) is 0 Å². The van der Waals surface area contributed by atoms with Crippen LogP contribution in [-0.2, 0) is 11.3 Å². The minimum atomic E-state index is -0.108. The molecule has 0 unspecified atom stereocenters. The number of hydrogen-bond donors (Lipinski definition) is 1. The highest BCUT2D eigenvalue weighted by molar-refractivity contribution is 9.10. The molecule has 1 aromatic heterocycles. The fourth-order valence-corrected chi connectivity index (χ4v) is 3.60. The van der Waals surface area contributed by atoms with Crippen LogP contribution in [0.5, 0.6) is 0 Å². The number of fused-ring (bicyclic) bond motifs is 1. The molecule has 24 heavy (non-hydrogen) atoms. The van der Waals surface area contributed by atoms with Crippen LogP contribution in [0.15, 0.2) is 33.8 Å². The van der Waals surface area contributed by atoms with Gasteiger partial charge in [-0.1, -0.05) is 41.6 Å². The zero-order valence-corrected chi connectivity index (χ0v) is 15.2. The van der Waals surface area contributed by atoms with Crippen molar-refractivity contribution >= 4 is 32.7 Å². The van der Waals surface area contributed by atoms with Gasteiger partial charge in [0.25, 0.3) is 5.56 Å². The van der Waals surface area contributed by atoms with E-state index in [0.29, 0.717) is 29.9 Å². The summed E-state index contributed by atoms with van der Waals surface area (Å²) in [6, 6.07) is 5.73. The molecule has 1 aromatic carbocycles. The number of hydrogen-bond acceptors (Lipinski definition) is 3. The molecule has 1 aliphatic rings. The Kier molecular flexibility index (Phi) is 5.66. The lowest BCUT2D eigenvalue weighted by atomic mass is 10.1. The topological polar surface area (TPSA) is 64.0 Å². The Bertz CT molecular complexity index is 779. The molecule has 0 spiro atoms. The molecule has 5 nitrogen and oxygen atoms in total. The SMILES string of the molecule is O=C(CCn1cnc2ccc(Br)cc2c1=O)NC1CCCCCC1. The zero-order valence-electron chi connectivity index (χ0n) is 13.6. The molecule has 1 aliphatic carbocycles. The van der Waals surface area contributed by atoms with Gasteiger partial charge in [0.2, 0.25) is 5.91 Å².